The number of para-hydroxylation sites is 1. The first-order valence-corrected chi connectivity index (χ1v) is 9.87. The number of halogens is 2. The fraction of sp³-hybridized carbons (Fsp3) is 0.105. The molecule has 2 aliphatic rings. The molecule has 4 rings (SSSR count). The summed E-state index contributed by atoms with van der Waals surface area (Å²) in [6.07, 6.45) is 1.19. The Hall–Kier alpha value is -2.28. The summed E-state index contributed by atoms with van der Waals surface area (Å²) in [6.45, 7) is 3.70. The van der Waals surface area contributed by atoms with Gasteiger partial charge in [0.15, 0.2) is 11.3 Å². The third-order valence-electron chi connectivity index (χ3n) is 4.09. The molecule has 0 bridgehead atoms. The maximum absolute atomic E-state index is 12.9. The van der Waals surface area contributed by atoms with Crippen LogP contribution in [-0.4, -0.2) is 21.8 Å². The molecule has 2 aliphatic heterocycles. The van der Waals surface area contributed by atoms with Crippen molar-refractivity contribution in [2.45, 2.75) is 6.17 Å². The Balaban J connectivity index is 1.93. The van der Waals surface area contributed by atoms with Gasteiger partial charge in [-0.05, 0) is 18.2 Å². The van der Waals surface area contributed by atoms with Crippen molar-refractivity contribution in [1.82, 2.24) is 10.3 Å². The number of carbonyl (C=O) groups excluding carboxylic acids is 1. The quantitative estimate of drug-likeness (QED) is 0.782. The van der Waals surface area contributed by atoms with Gasteiger partial charge in [0, 0.05) is 26.6 Å². The summed E-state index contributed by atoms with van der Waals surface area (Å²) < 4.78 is 0. The molecule has 0 spiro atoms. The Labute approximate surface area is 170 Å². The molecule has 0 fully saturated rings. The number of nitrogens with zero attached hydrogens (tertiary/aromatic N) is 3. The van der Waals surface area contributed by atoms with Crippen molar-refractivity contribution in [3.63, 3.8) is 0 Å². The van der Waals surface area contributed by atoms with Gasteiger partial charge in [0.25, 0.3) is 5.91 Å². The molecular weight excluding hydrogens is 403 g/mol. The number of benzene rings is 2. The molecule has 0 aliphatic carbocycles. The van der Waals surface area contributed by atoms with E-state index in [4.69, 9.17) is 28.2 Å². The molecule has 2 heterocycles. The predicted octanol–water partition coefficient (Wildman–Crippen LogP) is 3.06. The molecule has 8 heteroatoms. The average Bonchev–Trinajstić information content (AvgIpc) is 2.65. The molecule has 0 saturated heterocycles. The van der Waals surface area contributed by atoms with Crippen LogP contribution in [0.3, 0.4) is 0 Å². The fourth-order valence-corrected chi connectivity index (χ4v) is 4.04. The van der Waals surface area contributed by atoms with Crippen LogP contribution in [0.2, 0.25) is 10.0 Å². The van der Waals surface area contributed by atoms with Crippen molar-refractivity contribution < 1.29 is 4.79 Å². The first-order chi connectivity index (χ1) is 13.1. The number of nitrogens with one attached hydrogen (secondary N) is 1. The van der Waals surface area contributed by atoms with Crippen LogP contribution in [0.15, 0.2) is 65.2 Å². The molecule has 1 amide bonds. The van der Waals surface area contributed by atoms with E-state index in [1.165, 1.54) is 11.8 Å². The van der Waals surface area contributed by atoms with Crippen molar-refractivity contribution in [2.75, 3.05) is 5.75 Å². The summed E-state index contributed by atoms with van der Waals surface area (Å²) in [6, 6.07) is 12.7. The molecule has 1 N–H and O–H groups in total. The molecule has 0 radical (unpaired) electrons. The van der Waals surface area contributed by atoms with Gasteiger partial charge in [-0.3, -0.25) is 15.1 Å². The number of rotatable bonds is 3. The van der Waals surface area contributed by atoms with Gasteiger partial charge >= 0.3 is 0 Å². The Morgan fingerprint density at radius 2 is 2.07 bits per heavy atom. The van der Waals surface area contributed by atoms with Crippen LogP contribution in [0.4, 0.5) is 0 Å². The summed E-state index contributed by atoms with van der Waals surface area (Å²) in [4.78, 5) is 17.7. The maximum atomic E-state index is 12.9. The van der Waals surface area contributed by atoms with E-state index in [2.05, 4.69) is 17.0 Å². The van der Waals surface area contributed by atoms with Crippen molar-refractivity contribution in [2.24, 2.45) is 10.1 Å². The summed E-state index contributed by atoms with van der Waals surface area (Å²) in [5.74, 6) is 0.400. The fourth-order valence-electron chi connectivity index (χ4n) is 2.94. The van der Waals surface area contributed by atoms with Gasteiger partial charge in [0.1, 0.15) is 5.70 Å². The molecule has 1 atom stereocenters. The predicted molar refractivity (Wildman–Crippen MR) is 110 cm³/mol. The number of hydrazone groups is 1. The van der Waals surface area contributed by atoms with Crippen LogP contribution < -0.4 is 15.9 Å². The van der Waals surface area contributed by atoms with Crippen molar-refractivity contribution in [3.8, 4) is 0 Å². The van der Waals surface area contributed by atoms with E-state index >= 15 is 0 Å². The third kappa shape index (κ3) is 3.36. The molecule has 0 unspecified atom stereocenters. The molecule has 2 aromatic rings. The second-order valence-corrected chi connectivity index (χ2v) is 7.69. The minimum atomic E-state index is -0.565. The Morgan fingerprint density at radius 1 is 1.26 bits per heavy atom. The van der Waals surface area contributed by atoms with Crippen molar-refractivity contribution in [1.29, 1.82) is 0 Å². The standard InChI is InChI=1S/C19H14Cl2N4OS/c1-2-9-27-19-23-18(26)16-13-5-3-4-6-15(13)22-17(25(16)24-19)12-8-7-11(20)10-14(12)21/h2-8,10,17H,1,9H2,(H,23,24,26)/t17-/m0/s1. The van der Waals surface area contributed by atoms with Gasteiger partial charge in [0.05, 0.1) is 5.36 Å². The second-order valence-electron chi connectivity index (χ2n) is 5.84. The van der Waals surface area contributed by atoms with Gasteiger partial charge in [-0.25, -0.2) is 5.01 Å². The Bertz CT molecular complexity index is 1100. The zero-order chi connectivity index (χ0) is 19.0. The van der Waals surface area contributed by atoms with E-state index in [-0.39, 0.29) is 5.91 Å². The normalized spacial score (nSPS) is 18.1. The van der Waals surface area contributed by atoms with Gasteiger partial charge in [-0.15, -0.1) is 11.7 Å². The van der Waals surface area contributed by atoms with Crippen molar-refractivity contribution >= 4 is 51.7 Å². The molecule has 5 nitrogen and oxygen atoms in total. The van der Waals surface area contributed by atoms with Crippen LogP contribution in [0.1, 0.15) is 11.7 Å². The number of hydrogen-bond acceptors (Lipinski definition) is 5. The summed E-state index contributed by atoms with van der Waals surface area (Å²) >= 11 is 13.9. The maximum Gasteiger partial charge on any atom is 0.276 e. The molecule has 2 aromatic carbocycles. The third-order valence-corrected chi connectivity index (χ3v) is 5.52. The molecule has 136 valence electrons. The minimum Gasteiger partial charge on any atom is -0.298 e. The summed E-state index contributed by atoms with van der Waals surface area (Å²) in [7, 11) is 0. The Morgan fingerprint density at radius 3 is 2.85 bits per heavy atom. The van der Waals surface area contributed by atoms with E-state index < -0.39 is 6.17 Å². The highest BCUT2D eigenvalue weighted by Gasteiger charge is 2.35. The highest BCUT2D eigenvalue weighted by Crippen LogP contribution is 2.35. The lowest BCUT2D eigenvalue weighted by Crippen LogP contribution is -2.50. The van der Waals surface area contributed by atoms with E-state index in [1.807, 2.05) is 30.3 Å². The number of amidine groups is 1. The summed E-state index contributed by atoms with van der Waals surface area (Å²) in [5, 5.41) is 12.0. The zero-order valence-corrected chi connectivity index (χ0v) is 16.4. The first kappa shape index (κ1) is 18.1. The number of carbonyl (C=O) groups is 1. The van der Waals surface area contributed by atoms with Gasteiger partial charge in [-0.1, -0.05) is 65.3 Å². The lowest BCUT2D eigenvalue weighted by atomic mass is 10.1. The highest BCUT2D eigenvalue weighted by atomic mass is 35.5. The van der Waals surface area contributed by atoms with Crippen LogP contribution in [0.25, 0.3) is 5.70 Å². The van der Waals surface area contributed by atoms with E-state index in [9.17, 15) is 4.79 Å². The highest BCUT2D eigenvalue weighted by molar-refractivity contribution is 8.14. The van der Waals surface area contributed by atoms with E-state index in [0.29, 0.717) is 32.0 Å². The first-order valence-electron chi connectivity index (χ1n) is 8.13. The van der Waals surface area contributed by atoms with Gasteiger partial charge < -0.3 is 0 Å². The van der Waals surface area contributed by atoms with E-state index in [0.717, 1.165) is 10.8 Å². The second kappa shape index (κ2) is 7.38. The summed E-state index contributed by atoms with van der Waals surface area (Å²) in [5.41, 5.74) is 1.17. The Kier molecular flexibility index (Phi) is 4.95. The molecule has 27 heavy (non-hydrogen) atoms. The van der Waals surface area contributed by atoms with Gasteiger partial charge in [-0.2, -0.15) is 0 Å². The molecule has 0 aromatic heterocycles. The topological polar surface area (TPSA) is 57.1 Å². The lowest BCUT2D eigenvalue weighted by Gasteiger charge is -2.34. The number of thioether (sulfide) groups is 1. The van der Waals surface area contributed by atoms with Crippen LogP contribution in [-0.2, 0) is 4.79 Å². The van der Waals surface area contributed by atoms with Crippen LogP contribution in [0, 0.1) is 0 Å². The van der Waals surface area contributed by atoms with E-state index in [1.54, 1.807) is 23.2 Å². The number of amides is 1. The molecular formula is C19H14Cl2N4OS. The number of hydrogen-bond donors (Lipinski definition) is 1. The largest absolute Gasteiger partial charge is 0.298 e. The van der Waals surface area contributed by atoms with Crippen molar-refractivity contribution in [3.05, 3.63) is 81.3 Å². The minimum absolute atomic E-state index is 0.228. The average molecular weight is 417 g/mol. The monoisotopic (exact) mass is 416 g/mol. The number of fused-ring (bicyclic) bond motifs is 2. The van der Waals surface area contributed by atoms with Crippen LogP contribution >= 0.6 is 35.0 Å². The van der Waals surface area contributed by atoms with Gasteiger partial charge in [0.2, 0.25) is 0 Å². The smallest absolute Gasteiger partial charge is 0.276 e. The zero-order valence-electron chi connectivity index (χ0n) is 14.0. The van der Waals surface area contributed by atoms with Crippen LogP contribution in [0.5, 0.6) is 0 Å². The molecule has 0 saturated carbocycles. The SMILES string of the molecule is C=CCSC1=NN2C(=c3ccccc3=N[C@@H]2c2ccc(Cl)cc2Cl)C(=O)N1. The lowest BCUT2D eigenvalue weighted by molar-refractivity contribution is -0.116.